The fourth-order valence-corrected chi connectivity index (χ4v) is 8.29. The van der Waals surface area contributed by atoms with Gasteiger partial charge >= 0.3 is 0 Å². The van der Waals surface area contributed by atoms with Gasteiger partial charge in [-0.05, 0) is 82.4 Å². The molecule has 11 aromatic rings. The van der Waals surface area contributed by atoms with Crippen molar-refractivity contribution in [2.45, 2.75) is 0 Å². The summed E-state index contributed by atoms with van der Waals surface area (Å²) in [6, 6.07) is 69.5. The highest BCUT2D eigenvalue weighted by Crippen LogP contribution is 2.43. The second-order valence-corrected chi connectivity index (χ2v) is 13.7. The van der Waals surface area contributed by atoms with Crippen LogP contribution in [0.25, 0.3) is 99.5 Å². The van der Waals surface area contributed by atoms with Crippen LogP contribution in [-0.4, -0.2) is 9.13 Å². The molecule has 0 atom stereocenters. The van der Waals surface area contributed by atoms with Gasteiger partial charge in [-0.3, -0.25) is 4.57 Å². The molecule has 3 heteroatoms. The molecule has 0 saturated carbocycles. The topological polar surface area (TPSA) is 23.0 Å². The Bertz CT molecular complexity index is 3030. The Morgan fingerprint density at radius 1 is 0.321 bits per heavy atom. The Hall–Kier alpha value is -7.10. The molecule has 0 bridgehead atoms. The fraction of sp³-hybridized carbons (Fsp3) is 0. The molecule has 11 rings (SSSR count). The first-order chi connectivity index (χ1) is 26.3. The molecule has 0 fully saturated rings. The summed E-state index contributed by atoms with van der Waals surface area (Å²) in [5.41, 5.74) is 14.5. The summed E-state index contributed by atoms with van der Waals surface area (Å²) in [5, 5.41) is 5.93. The largest absolute Gasteiger partial charge is 0.438 e. The van der Waals surface area contributed by atoms with Gasteiger partial charge in [0.05, 0.1) is 21.9 Å². The van der Waals surface area contributed by atoms with Crippen LogP contribution in [0.3, 0.4) is 0 Å². The van der Waals surface area contributed by atoms with Gasteiger partial charge in [-0.1, -0.05) is 140 Å². The van der Waals surface area contributed by atoms with Crippen LogP contribution in [-0.2, 0) is 0 Å². The molecular weight excluding hydrogens is 645 g/mol. The molecule has 0 spiro atoms. The van der Waals surface area contributed by atoms with E-state index < -0.39 is 0 Å². The number of para-hydroxylation sites is 3. The molecular formula is C50H32N2O. The van der Waals surface area contributed by atoms with Crippen molar-refractivity contribution >= 4 is 54.8 Å². The van der Waals surface area contributed by atoms with Gasteiger partial charge in [0, 0.05) is 38.5 Å². The highest BCUT2D eigenvalue weighted by molar-refractivity contribution is 6.21. The van der Waals surface area contributed by atoms with Crippen molar-refractivity contribution in [1.82, 2.24) is 9.13 Å². The summed E-state index contributed by atoms with van der Waals surface area (Å²) >= 11 is 0. The van der Waals surface area contributed by atoms with Crippen molar-refractivity contribution in [3.05, 3.63) is 194 Å². The zero-order valence-corrected chi connectivity index (χ0v) is 28.8. The minimum absolute atomic E-state index is 0.867. The van der Waals surface area contributed by atoms with Gasteiger partial charge in [-0.25, -0.2) is 0 Å². The Morgan fingerprint density at radius 2 is 0.830 bits per heavy atom. The van der Waals surface area contributed by atoms with E-state index in [1.54, 1.807) is 0 Å². The van der Waals surface area contributed by atoms with E-state index in [0.29, 0.717) is 0 Å². The van der Waals surface area contributed by atoms with E-state index in [1.807, 2.05) is 0 Å². The molecule has 0 unspecified atom stereocenters. The van der Waals surface area contributed by atoms with Crippen LogP contribution in [0.15, 0.2) is 199 Å². The van der Waals surface area contributed by atoms with Crippen molar-refractivity contribution in [2.24, 2.45) is 0 Å². The molecule has 0 N–H and O–H groups in total. The minimum atomic E-state index is 0.867. The molecule has 0 radical (unpaired) electrons. The summed E-state index contributed by atoms with van der Waals surface area (Å²) in [6.07, 6.45) is 0. The maximum atomic E-state index is 6.88. The van der Waals surface area contributed by atoms with Crippen LogP contribution in [0.1, 0.15) is 0 Å². The van der Waals surface area contributed by atoms with Crippen molar-refractivity contribution < 1.29 is 4.42 Å². The number of nitrogens with zero attached hydrogens (tertiary/aromatic N) is 2. The summed E-state index contributed by atoms with van der Waals surface area (Å²) in [4.78, 5) is 0. The van der Waals surface area contributed by atoms with E-state index in [-0.39, 0.29) is 0 Å². The van der Waals surface area contributed by atoms with E-state index >= 15 is 0 Å². The Morgan fingerprint density at radius 3 is 1.47 bits per heavy atom. The normalized spacial score (nSPS) is 11.8. The number of rotatable bonds is 5. The standard InChI is InChI=1S/C50H32N2O/c1-4-13-33(14-5-1)36-25-29-46-43(31-36)44-32-37(34-15-6-2-7-16-34)26-30-47(44)51(46)39-27-23-35(24-28-39)40-20-12-21-42-48-41-19-10-11-22-45(41)52(50(48)53-49(40)42)38-17-8-3-9-18-38/h1-32H. The molecule has 248 valence electrons. The van der Waals surface area contributed by atoms with Gasteiger partial charge in [-0.2, -0.15) is 0 Å². The van der Waals surface area contributed by atoms with Crippen molar-refractivity contribution in [1.29, 1.82) is 0 Å². The van der Waals surface area contributed by atoms with Crippen molar-refractivity contribution in [3.8, 4) is 44.8 Å². The van der Waals surface area contributed by atoms with Crippen LogP contribution in [0.5, 0.6) is 0 Å². The zero-order valence-electron chi connectivity index (χ0n) is 28.8. The molecule has 3 aromatic heterocycles. The van der Waals surface area contributed by atoms with Crippen LogP contribution in [0.2, 0.25) is 0 Å². The quantitative estimate of drug-likeness (QED) is 0.178. The Labute approximate surface area is 306 Å². The van der Waals surface area contributed by atoms with Gasteiger partial charge in [0.2, 0.25) is 5.71 Å². The molecule has 8 aromatic carbocycles. The lowest BCUT2D eigenvalue weighted by molar-refractivity contribution is 0.646. The van der Waals surface area contributed by atoms with Crippen LogP contribution in [0.4, 0.5) is 0 Å². The highest BCUT2D eigenvalue weighted by atomic mass is 16.3. The molecule has 0 amide bonds. The number of aromatic nitrogens is 2. The number of furan rings is 1. The Balaban J connectivity index is 1.07. The van der Waals surface area contributed by atoms with E-state index in [2.05, 4.69) is 203 Å². The predicted molar refractivity (Wildman–Crippen MR) is 221 cm³/mol. The van der Waals surface area contributed by atoms with Gasteiger partial charge in [-0.15, -0.1) is 0 Å². The average molecular weight is 677 g/mol. The molecule has 3 heterocycles. The predicted octanol–water partition coefficient (Wildman–Crippen LogP) is 13.6. The van der Waals surface area contributed by atoms with Crippen LogP contribution >= 0.6 is 0 Å². The van der Waals surface area contributed by atoms with Gasteiger partial charge in [0.25, 0.3) is 0 Å². The molecule has 53 heavy (non-hydrogen) atoms. The first kappa shape index (κ1) is 29.6. The molecule has 0 aliphatic heterocycles. The molecule has 0 aliphatic carbocycles. The van der Waals surface area contributed by atoms with Crippen LogP contribution in [0, 0.1) is 0 Å². The number of fused-ring (bicyclic) bond motifs is 8. The first-order valence-corrected chi connectivity index (χ1v) is 18.1. The molecule has 3 nitrogen and oxygen atoms in total. The maximum Gasteiger partial charge on any atom is 0.213 e. The maximum absolute atomic E-state index is 6.88. The number of hydrogen-bond acceptors (Lipinski definition) is 1. The van der Waals surface area contributed by atoms with E-state index in [9.17, 15) is 0 Å². The summed E-state index contributed by atoms with van der Waals surface area (Å²) in [5.74, 6) is 0. The lowest BCUT2D eigenvalue weighted by Gasteiger charge is -2.11. The Kier molecular flexibility index (Phi) is 6.55. The van der Waals surface area contributed by atoms with Crippen molar-refractivity contribution in [3.63, 3.8) is 0 Å². The van der Waals surface area contributed by atoms with E-state index in [4.69, 9.17) is 4.42 Å². The molecule has 0 saturated heterocycles. The lowest BCUT2D eigenvalue weighted by atomic mass is 10.0. The van der Waals surface area contributed by atoms with Gasteiger partial charge < -0.3 is 8.98 Å². The number of benzene rings is 8. The van der Waals surface area contributed by atoms with Gasteiger partial charge in [0.15, 0.2) is 0 Å². The second-order valence-electron chi connectivity index (χ2n) is 13.7. The highest BCUT2D eigenvalue weighted by Gasteiger charge is 2.21. The third kappa shape index (κ3) is 4.61. The number of hydrogen-bond donors (Lipinski definition) is 0. The second kappa shape index (κ2) is 11.7. The van der Waals surface area contributed by atoms with Crippen LogP contribution < -0.4 is 0 Å². The summed E-state index contributed by atoms with van der Waals surface area (Å²) in [6.45, 7) is 0. The van der Waals surface area contributed by atoms with Crippen molar-refractivity contribution in [2.75, 3.05) is 0 Å². The smallest absolute Gasteiger partial charge is 0.213 e. The fourth-order valence-electron chi connectivity index (χ4n) is 8.29. The lowest BCUT2D eigenvalue weighted by Crippen LogP contribution is -1.94. The summed E-state index contributed by atoms with van der Waals surface area (Å²) in [7, 11) is 0. The molecule has 0 aliphatic rings. The van der Waals surface area contributed by atoms with E-state index in [1.165, 1.54) is 49.4 Å². The average Bonchev–Trinajstić information content (AvgIpc) is 3.88. The SMILES string of the molecule is c1ccc(-c2ccc3c(c2)c2cc(-c4ccccc4)ccc2n3-c2ccc(-c3cccc4c3oc3c4c4ccccc4n3-c3ccccc3)cc2)cc1. The minimum Gasteiger partial charge on any atom is -0.438 e. The zero-order chi connectivity index (χ0) is 34.9. The summed E-state index contributed by atoms with van der Waals surface area (Å²) < 4.78 is 11.5. The first-order valence-electron chi connectivity index (χ1n) is 18.1. The third-order valence-corrected chi connectivity index (χ3v) is 10.7. The monoisotopic (exact) mass is 676 g/mol. The van der Waals surface area contributed by atoms with E-state index in [0.717, 1.165) is 50.1 Å². The van der Waals surface area contributed by atoms with Gasteiger partial charge in [0.1, 0.15) is 5.58 Å². The third-order valence-electron chi connectivity index (χ3n) is 10.7.